The number of fused-ring (bicyclic) bond motifs is 1. The third-order valence-corrected chi connectivity index (χ3v) is 4.44. The second-order valence-electron chi connectivity index (χ2n) is 6.70. The number of nitrogens with zero attached hydrogens (tertiary/aromatic N) is 1. The lowest BCUT2D eigenvalue weighted by Gasteiger charge is -2.38. The standard InChI is InChI=1S/C19H16ClF3N2O3/c1-19(2)18(27)25(13-9-10(20)3-6-14(13)28-19)8-7-15(26)24-12-5-4-11(21)16(22)17(12)23/h3-6,9H,7-8H2,1-2H3,(H,24,26). The zero-order valence-electron chi connectivity index (χ0n) is 15.0. The molecule has 0 unspecified atom stereocenters. The first-order valence-electron chi connectivity index (χ1n) is 8.34. The quantitative estimate of drug-likeness (QED) is 0.762. The average molecular weight is 413 g/mol. The van der Waals surface area contributed by atoms with Gasteiger partial charge in [-0.25, -0.2) is 13.2 Å². The topological polar surface area (TPSA) is 58.6 Å². The highest BCUT2D eigenvalue weighted by atomic mass is 35.5. The maximum atomic E-state index is 13.7. The smallest absolute Gasteiger partial charge is 0.270 e. The monoisotopic (exact) mass is 412 g/mol. The van der Waals surface area contributed by atoms with Crippen LogP contribution in [0, 0.1) is 17.5 Å². The Morgan fingerprint density at radius 1 is 1.18 bits per heavy atom. The SMILES string of the molecule is CC1(C)Oc2ccc(Cl)cc2N(CCC(=O)Nc2ccc(F)c(F)c2F)C1=O. The van der Waals surface area contributed by atoms with Gasteiger partial charge in [-0.3, -0.25) is 9.59 Å². The number of ether oxygens (including phenoxy) is 1. The molecular weight excluding hydrogens is 397 g/mol. The first-order chi connectivity index (χ1) is 13.1. The van der Waals surface area contributed by atoms with Gasteiger partial charge in [0.15, 0.2) is 23.1 Å². The minimum absolute atomic E-state index is 0.0455. The molecule has 0 spiro atoms. The summed E-state index contributed by atoms with van der Waals surface area (Å²) in [5.41, 5.74) is -1.23. The number of carbonyl (C=O) groups excluding carboxylic acids is 2. The molecule has 0 fully saturated rings. The molecule has 0 atom stereocenters. The minimum atomic E-state index is -1.67. The number of nitrogens with one attached hydrogen (secondary N) is 1. The van der Waals surface area contributed by atoms with Crippen molar-refractivity contribution in [3.05, 3.63) is 52.8 Å². The molecule has 9 heteroatoms. The molecule has 3 rings (SSSR count). The van der Waals surface area contributed by atoms with Gasteiger partial charge in [-0.15, -0.1) is 0 Å². The third kappa shape index (κ3) is 3.77. The van der Waals surface area contributed by atoms with Gasteiger partial charge in [0, 0.05) is 18.0 Å². The van der Waals surface area contributed by atoms with Gasteiger partial charge in [-0.2, -0.15) is 0 Å². The second-order valence-corrected chi connectivity index (χ2v) is 7.14. The van der Waals surface area contributed by atoms with Crippen LogP contribution in [0.15, 0.2) is 30.3 Å². The molecule has 0 saturated carbocycles. The van der Waals surface area contributed by atoms with Gasteiger partial charge in [0.2, 0.25) is 5.91 Å². The van der Waals surface area contributed by atoms with E-state index in [0.29, 0.717) is 22.5 Å². The summed E-state index contributed by atoms with van der Waals surface area (Å²) in [5.74, 6) is -5.15. The largest absolute Gasteiger partial charge is 0.476 e. The average Bonchev–Trinajstić information content (AvgIpc) is 2.63. The summed E-state index contributed by atoms with van der Waals surface area (Å²) in [7, 11) is 0. The highest BCUT2D eigenvalue weighted by Gasteiger charge is 2.41. The Labute approximate surface area is 164 Å². The molecule has 1 N–H and O–H groups in total. The second kappa shape index (κ2) is 7.35. The molecule has 0 radical (unpaired) electrons. The van der Waals surface area contributed by atoms with E-state index in [0.717, 1.165) is 6.07 Å². The van der Waals surface area contributed by atoms with Gasteiger partial charge in [0.05, 0.1) is 11.4 Å². The van der Waals surface area contributed by atoms with Gasteiger partial charge in [-0.1, -0.05) is 11.6 Å². The highest BCUT2D eigenvalue weighted by Crippen LogP contribution is 2.39. The molecule has 0 aliphatic carbocycles. The zero-order valence-corrected chi connectivity index (χ0v) is 15.7. The van der Waals surface area contributed by atoms with Crippen molar-refractivity contribution < 1.29 is 27.5 Å². The van der Waals surface area contributed by atoms with Crippen molar-refractivity contribution >= 4 is 34.8 Å². The Hall–Kier alpha value is -2.74. The van der Waals surface area contributed by atoms with Crippen LogP contribution in [0.1, 0.15) is 20.3 Å². The molecule has 2 aromatic rings. The maximum Gasteiger partial charge on any atom is 0.270 e. The minimum Gasteiger partial charge on any atom is -0.476 e. The Morgan fingerprint density at radius 3 is 2.61 bits per heavy atom. The van der Waals surface area contributed by atoms with Crippen LogP contribution in [-0.2, 0) is 9.59 Å². The fourth-order valence-electron chi connectivity index (χ4n) is 2.81. The van der Waals surface area contributed by atoms with Gasteiger partial charge in [0.25, 0.3) is 5.91 Å². The molecule has 5 nitrogen and oxygen atoms in total. The molecule has 1 heterocycles. The Morgan fingerprint density at radius 2 is 1.89 bits per heavy atom. The van der Waals surface area contributed by atoms with E-state index >= 15 is 0 Å². The van der Waals surface area contributed by atoms with E-state index in [1.807, 2.05) is 0 Å². The van der Waals surface area contributed by atoms with E-state index in [-0.39, 0.29) is 18.9 Å². The summed E-state index contributed by atoms with van der Waals surface area (Å²) in [5, 5.41) is 2.56. The van der Waals surface area contributed by atoms with Crippen molar-refractivity contribution in [2.24, 2.45) is 0 Å². The van der Waals surface area contributed by atoms with E-state index in [2.05, 4.69) is 5.32 Å². The fraction of sp³-hybridized carbons (Fsp3) is 0.263. The van der Waals surface area contributed by atoms with E-state index in [1.165, 1.54) is 11.0 Å². The van der Waals surface area contributed by atoms with Gasteiger partial charge in [-0.05, 0) is 44.2 Å². The number of rotatable bonds is 4. The Bertz CT molecular complexity index is 966. The van der Waals surface area contributed by atoms with Crippen LogP contribution >= 0.6 is 11.6 Å². The van der Waals surface area contributed by atoms with Crippen LogP contribution in [0.3, 0.4) is 0 Å². The summed E-state index contributed by atoms with van der Waals surface area (Å²) in [4.78, 5) is 26.2. The van der Waals surface area contributed by atoms with Crippen molar-refractivity contribution in [2.45, 2.75) is 25.9 Å². The summed E-state index contributed by atoms with van der Waals surface area (Å²) in [6, 6.07) is 6.40. The van der Waals surface area contributed by atoms with Gasteiger partial charge in [0.1, 0.15) is 5.75 Å². The van der Waals surface area contributed by atoms with Gasteiger partial charge >= 0.3 is 0 Å². The van der Waals surface area contributed by atoms with Crippen molar-refractivity contribution in [1.29, 1.82) is 0 Å². The zero-order chi connectivity index (χ0) is 20.6. The number of amides is 2. The summed E-state index contributed by atoms with van der Waals surface area (Å²) in [6.07, 6.45) is -0.216. The lowest BCUT2D eigenvalue weighted by molar-refractivity contribution is -0.132. The maximum absolute atomic E-state index is 13.7. The third-order valence-electron chi connectivity index (χ3n) is 4.21. The lowest BCUT2D eigenvalue weighted by atomic mass is 10.0. The molecule has 28 heavy (non-hydrogen) atoms. The molecule has 1 aliphatic heterocycles. The lowest BCUT2D eigenvalue weighted by Crippen LogP contribution is -2.53. The van der Waals surface area contributed by atoms with Crippen LogP contribution in [0.2, 0.25) is 5.02 Å². The van der Waals surface area contributed by atoms with Crippen LogP contribution in [-0.4, -0.2) is 24.0 Å². The summed E-state index contributed by atoms with van der Waals surface area (Å²) < 4.78 is 45.6. The number of hydrogen-bond acceptors (Lipinski definition) is 3. The van der Waals surface area contributed by atoms with Crippen molar-refractivity contribution in [1.82, 2.24) is 0 Å². The van der Waals surface area contributed by atoms with Crippen molar-refractivity contribution in [3.63, 3.8) is 0 Å². The number of carbonyl (C=O) groups is 2. The fourth-order valence-corrected chi connectivity index (χ4v) is 2.98. The normalized spacial score (nSPS) is 15.1. The van der Waals surface area contributed by atoms with Crippen molar-refractivity contribution in [3.8, 4) is 5.75 Å². The first kappa shape index (κ1) is 20.0. The molecule has 1 aliphatic rings. The predicted molar refractivity (Wildman–Crippen MR) is 98.1 cm³/mol. The number of halogens is 4. The molecule has 0 aromatic heterocycles. The van der Waals surface area contributed by atoms with E-state index < -0.39 is 34.6 Å². The Kier molecular flexibility index (Phi) is 5.25. The van der Waals surface area contributed by atoms with Crippen LogP contribution in [0.25, 0.3) is 0 Å². The highest BCUT2D eigenvalue weighted by molar-refractivity contribution is 6.31. The molecule has 0 saturated heterocycles. The first-order valence-corrected chi connectivity index (χ1v) is 8.72. The van der Waals surface area contributed by atoms with Crippen LogP contribution in [0.4, 0.5) is 24.5 Å². The molecule has 2 aromatic carbocycles. The molecule has 0 bridgehead atoms. The number of hydrogen-bond donors (Lipinski definition) is 1. The summed E-state index contributed by atoms with van der Waals surface area (Å²) >= 11 is 6.00. The van der Waals surface area contributed by atoms with Gasteiger partial charge < -0.3 is 15.0 Å². The molecular formula is C19H16ClF3N2O3. The Balaban J connectivity index is 1.76. The number of anilines is 2. The van der Waals surface area contributed by atoms with E-state index in [9.17, 15) is 22.8 Å². The van der Waals surface area contributed by atoms with E-state index in [1.54, 1.807) is 26.0 Å². The number of benzene rings is 2. The van der Waals surface area contributed by atoms with Crippen molar-refractivity contribution in [2.75, 3.05) is 16.8 Å². The molecule has 2 amide bonds. The summed E-state index contributed by atoms with van der Waals surface area (Å²) in [6.45, 7) is 3.14. The van der Waals surface area contributed by atoms with E-state index in [4.69, 9.17) is 16.3 Å². The van der Waals surface area contributed by atoms with Crippen LogP contribution < -0.4 is 15.0 Å². The van der Waals surface area contributed by atoms with Crippen LogP contribution in [0.5, 0.6) is 5.75 Å². The molecule has 148 valence electrons. The predicted octanol–water partition coefficient (Wildman–Crippen LogP) is 4.29.